The topological polar surface area (TPSA) is 144 Å². The predicted octanol–water partition coefficient (Wildman–Crippen LogP) is 5.28. The van der Waals surface area contributed by atoms with Gasteiger partial charge < -0.3 is 19.9 Å². The van der Waals surface area contributed by atoms with Crippen LogP contribution in [0.25, 0.3) is 22.0 Å². The molecule has 1 aliphatic heterocycles. The minimum atomic E-state index is -4.04. The molecule has 0 bridgehead atoms. The van der Waals surface area contributed by atoms with Crippen LogP contribution in [-0.2, 0) is 15.8 Å². The highest BCUT2D eigenvalue weighted by molar-refractivity contribution is 7.91. The van der Waals surface area contributed by atoms with Gasteiger partial charge in [-0.15, -0.1) is 0 Å². The standard InChI is InChI=1S/C30H29F2N7O4S/c1-17-5-6-22-23(7-8-25(32)27(22)39-44(40,41)16-21-12-18(2)43-38-21)28(17)42-29-24(4-3-10-34-29)26-9-11-35-30(37-26)36-20-13-19(31)14-33-15-20/h3-12,19-20,33,39H,13-16H2,1-2H3,(H,35,36,37)/t19-,20-/m0/s1. The van der Waals surface area contributed by atoms with Crippen molar-refractivity contribution in [2.24, 2.45) is 0 Å². The molecule has 1 saturated heterocycles. The summed E-state index contributed by atoms with van der Waals surface area (Å²) in [4.78, 5) is 13.4. The predicted molar refractivity (Wildman–Crippen MR) is 161 cm³/mol. The smallest absolute Gasteiger partial charge is 0.238 e. The van der Waals surface area contributed by atoms with E-state index in [1.807, 2.05) is 6.92 Å². The quantitative estimate of drug-likeness (QED) is 0.199. The van der Waals surface area contributed by atoms with E-state index in [0.29, 0.717) is 64.6 Å². The van der Waals surface area contributed by atoms with Crippen LogP contribution in [0.15, 0.2) is 65.4 Å². The number of piperidine rings is 1. The molecule has 3 aromatic heterocycles. The first kappa shape index (κ1) is 29.4. The highest BCUT2D eigenvalue weighted by atomic mass is 32.2. The lowest BCUT2D eigenvalue weighted by Crippen LogP contribution is -2.44. The third kappa shape index (κ3) is 6.45. The molecule has 3 N–H and O–H groups in total. The normalized spacial score (nSPS) is 17.0. The van der Waals surface area contributed by atoms with Crippen LogP contribution >= 0.6 is 0 Å². The molecule has 44 heavy (non-hydrogen) atoms. The third-order valence-electron chi connectivity index (χ3n) is 7.10. The number of alkyl halides is 1. The van der Waals surface area contributed by atoms with Gasteiger partial charge in [0.2, 0.25) is 21.9 Å². The Bertz CT molecular complexity index is 1940. The SMILES string of the molecule is Cc1cc(CS(=O)(=O)Nc2c(F)ccc3c(Oc4ncccc4-c4ccnc(N[C@@H]5CNC[C@@H](F)C5)n4)c(C)ccc23)no1. The number of nitrogens with zero attached hydrogens (tertiary/aromatic N) is 4. The summed E-state index contributed by atoms with van der Waals surface area (Å²) in [6, 6.07) is 12.6. The molecule has 14 heteroatoms. The van der Waals surface area contributed by atoms with Crippen LogP contribution in [0.2, 0.25) is 0 Å². The Morgan fingerprint density at radius 2 is 1.91 bits per heavy atom. The number of aryl methyl sites for hydroxylation is 2. The Labute approximate surface area is 252 Å². The average Bonchev–Trinajstić information content (AvgIpc) is 3.39. The van der Waals surface area contributed by atoms with E-state index in [0.717, 1.165) is 0 Å². The maximum absolute atomic E-state index is 15.1. The van der Waals surface area contributed by atoms with Gasteiger partial charge in [0.25, 0.3) is 0 Å². The summed E-state index contributed by atoms with van der Waals surface area (Å²) in [7, 11) is -4.04. The number of fused-ring (bicyclic) bond motifs is 1. The van der Waals surface area contributed by atoms with Crippen molar-refractivity contribution in [1.82, 2.24) is 25.4 Å². The number of aromatic nitrogens is 4. The van der Waals surface area contributed by atoms with Crippen LogP contribution in [-0.4, -0.2) is 53.8 Å². The van der Waals surface area contributed by atoms with E-state index >= 15 is 4.39 Å². The molecule has 5 aromatic rings. The lowest BCUT2D eigenvalue weighted by Gasteiger charge is -2.26. The molecule has 1 fully saturated rings. The van der Waals surface area contributed by atoms with Crippen molar-refractivity contribution < 1.29 is 26.5 Å². The van der Waals surface area contributed by atoms with E-state index in [2.05, 4.69) is 35.5 Å². The van der Waals surface area contributed by atoms with E-state index in [-0.39, 0.29) is 23.3 Å². The summed E-state index contributed by atoms with van der Waals surface area (Å²) in [5.74, 6) is 0.150. The van der Waals surface area contributed by atoms with Crippen molar-refractivity contribution in [2.45, 2.75) is 38.2 Å². The summed E-state index contributed by atoms with van der Waals surface area (Å²) in [5.41, 5.74) is 1.77. The molecule has 0 radical (unpaired) electrons. The second kappa shape index (κ2) is 12.1. The van der Waals surface area contributed by atoms with Gasteiger partial charge in [-0.3, -0.25) is 4.72 Å². The van der Waals surface area contributed by atoms with Crippen molar-refractivity contribution in [3.05, 3.63) is 83.8 Å². The molecule has 0 aliphatic carbocycles. The number of halogens is 2. The Morgan fingerprint density at radius 1 is 1.07 bits per heavy atom. The van der Waals surface area contributed by atoms with Crippen LogP contribution in [0.3, 0.4) is 0 Å². The molecular formula is C30H29F2N7O4S. The van der Waals surface area contributed by atoms with Crippen LogP contribution in [0.1, 0.15) is 23.4 Å². The highest BCUT2D eigenvalue weighted by Gasteiger charge is 2.23. The van der Waals surface area contributed by atoms with Gasteiger partial charge in [0.05, 0.1) is 16.9 Å². The zero-order valence-electron chi connectivity index (χ0n) is 23.8. The number of nitrogens with one attached hydrogen (secondary N) is 3. The van der Waals surface area contributed by atoms with Crippen molar-refractivity contribution in [3.8, 4) is 22.9 Å². The maximum atomic E-state index is 15.1. The van der Waals surface area contributed by atoms with Gasteiger partial charge >= 0.3 is 0 Å². The highest BCUT2D eigenvalue weighted by Crippen LogP contribution is 2.39. The van der Waals surface area contributed by atoms with Gasteiger partial charge in [-0.2, -0.15) is 0 Å². The van der Waals surface area contributed by atoms with Gasteiger partial charge in [-0.25, -0.2) is 32.2 Å². The first-order valence-electron chi connectivity index (χ1n) is 13.9. The molecule has 6 rings (SSSR count). The number of pyridine rings is 1. The lowest BCUT2D eigenvalue weighted by atomic mass is 10.0. The monoisotopic (exact) mass is 621 g/mol. The van der Waals surface area contributed by atoms with E-state index < -0.39 is 27.8 Å². The fourth-order valence-corrected chi connectivity index (χ4v) is 6.21. The summed E-state index contributed by atoms with van der Waals surface area (Å²) in [6.45, 7) is 4.38. The Balaban J connectivity index is 1.32. The Hall–Kier alpha value is -4.69. The van der Waals surface area contributed by atoms with Gasteiger partial charge in [-0.1, -0.05) is 17.3 Å². The third-order valence-corrected chi connectivity index (χ3v) is 8.29. The van der Waals surface area contributed by atoms with Gasteiger partial charge in [-0.05, 0) is 49.7 Å². The molecule has 0 amide bonds. The molecule has 11 nitrogen and oxygen atoms in total. The number of sulfonamides is 1. The Morgan fingerprint density at radius 3 is 2.70 bits per heavy atom. The summed E-state index contributed by atoms with van der Waals surface area (Å²) in [5, 5.41) is 10.7. The van der Waals surface area contributed by atoms with Crippen molar-refractivity contribution in [2.75, 3.05) is 23.1 Å². The number of benzene rings is 2. The molecule has 0 saturated carbocycles. The first-order chi connectivity index (χ1) is 21.1. The van der Waals surface area contributed by atoms with Crippen molar-refractivity contribution in [1.29, 1.82) is 0 Å². The summed E-state index contributed by atoms with van der Waals surface area (Å²) < 4.78 is 68.6. The zero-order chi connectivity index (χ0) is 30.8. The van der Waals surface area contributed by atoms with Crippen LogP contribution < -0.4 is 20.1 Å². The van der Waals surface area contributed by atoms with Crippen LogP contribution in [0, 0.1) is 19.7 Å². The molecule has 0 unspecified atom stereocenters. The molecule has 1 aliphatic rings. The van der Waals surface area contributed by atoms with Gasteiger partial charge in [0.1, 0.15) is 34.9 Å². The van der Waals surface area contributed by atoms with Crippen LogP contribution in [0.4, 0.5) is 20.4 Å². The molecule has 2 atom stereocenters. The average molecular weight is 622 g/mol. The second-order valence-corrected chi connectivity index (χ2v) is 12.3. The number of hydrogen-bond donors (Lipinski definition) is 3. The van der Waals surface area contributed by atoms with E-state index in [1.165, 1.54) is 18.2 Å². The maximum Gasteiger partial charge on any atom is 0.238 e. The number of hydrogen-bond acceptors (Lipinski definition) is 10. The minimum absolute atomic E-state index is 0.163. The fraction of sp³-hybridized carbons (Fsp3) is 0.267. The number of ether oxygens (including phenoxy) is 1. The number of rotatable bonds is 9. The zero-order valence-corrected chi connectivity index (χ0v) is 24.7. The number of anilines is 2. The molecular weight excluding hydrogens is 592 g/mol. The van der Waals surface area contributed by atoms with Crippen LogP contribution in [0.5, 0.6) is 11.6 Å². The fourth-order valence-electron chi connectivity index (χ4n) is 5.10. The molecule has 4 heterocycles. The van der Waals surface area contributed by atoms with Gasteiger partial charge in [0, 0.05) is 54.8 Å². The molecule has 228 valence electrons. The molecule has 0 spiro atoms. The van der Waals surface area contributed by atoms with Crippen molar-refractivity contribution >= 4 is 32.4 Å². The van der Waals surface area contributed by atoms with E-state index in [1.54, 1.807) is 49.6 Å². The minimum Gasteiger partial charge on any atom is -0.437 e. The molecule has 2 aromatic carbocycles. The Kier molecular flexibility index (Phi) is 8.10. The van der Waals surface area contributed by atoms with E-state index in [9.17, 15) is 12.8 Å². The van der Waals surface area contributed by atoms with E-state index in [4.69, 9.17) is 9.26 Å². The van der Waals surface area contributed by atoms with Gasteiger partial charge in [0.15, 0.2) is 0 Å². The summed E-state index contributed by atoms with van der Waals surface area (Å²) >= 11 is 0. The lowest BCUT2D eigenvalue weighted by molar-refractivity contribution is 0.254. The van der Waals surface area contributed by atoms with Crippen molar-refractivity contribution in [3.63, 3.8) is 0 Å². The largest absolute Gasteiger partial charge is 0.437 e. The second-order valence-electron chi connectivity index (χ2n) is 10.6. The first-order valence-corrected chi connectivity index (χ1v) is 15.5. The summed E-state index contributed by atoms with van der Waals surface area (Å²) in [6.07, 6.45) is 2.56.